The Morgan fingerprint density at radius 2 is 1.63 bits per heavy atom. The third kappa shape index (κ3) is 8.84. The number of ether oxygens (including phenoxy) is 3. The third-order valence-corrected chi connectivity index (χ3v) is 7.78. The van der Waals surface area contributed by atoms with Crippen LogP contribution in [-0.4, -0.2) is 61.8 Å². The zero-order chi connectivity index (χ0) is 30.8. The van der Waals surface area contributed by atoms with Gasteiger partial charge in [-0.1, -0.05) is 60.6 Å². The highest BCUT2D eigenvalue weighted by Gasteiger charge is 2.39. The molecule has 1 heterocycles. The standard InChI is InChI=1S/C34H41NO8/c1-4-23(31(37)42-22-27-21-41-27)17-26(32(38)40-16-10-9-15-36)19-34(2,3)33(39)43-35-20-30-28-13-7-5-11-24(28)18-25-12-6-8-14-29(25)30/h5-8,11-14,18,20,23,26-27,36H,4,9-10,15-17,19,21-22H2,1-3H3/b35-20+. The number of hydrogen-bond acceptors (Lipinski definition) is 9. The van der Waals surface area contributed by atoms with Crippen molar-refractivity contribution < 1.29 is 38.5 Å². The van der Waals surface area contributed by atoms with Crippen LogP contribution in [0.15, 0.2) is 59.8 Å². The SMILES string of the molecule is CCC(CC(CC(C)(C)C(=O)O/N=C/c1c2ccccc2cc2ccccc12)C(=O)OCCCCO)C(=O)OCC1CO1. The molecule has 4 rings (SSSR count). The number of aliphatic hydroxyl groups excluding tert-OH is 1. The smallest absolute Gasteiger partial charge is 0.340 e. The molecule has 1 N–H and O–H groups in total. The molecule has 9 heteroatoms. The molecule has 1 aliphatic heterocycles. The van der Waals surface area contributed by atoms with Crippen LogP contribution in [0.3, 0.4) is 0 Å². The number of benzene rings is 3. The van der Waals surface area contributed by atoms with E-state index in [-0.39, 0.29) is 38.8 Å². The predicted octanol–water partition coefficient (Wildman–Crippen LogP) is 5.58. The van der Waals surface area contributed by atoms with Crippen molar-refractivity contribution in [3.05, 3.63) is 60.2 Å². The van der Waals surface area contributed by atoms with Gasteiger partial charge in [0, 0.05) is 12.2 Å². The van der Waals surface area contributed by atoms with Crippen LogP contribution in [0.1, 0.15) is 58.4 Å². The summed E-state index contributed by atoms with van der Waals surface area (Å²) in [5.41, 5.74) is -0.277. The molecule has 3 aromatic carbocycles. The molecule has 1 aliphatic rings. The van der Waals surface area contributed by atoms with Gasteiger partial charge in [0.1, 0.15) is 12.7 Å². The summed E-state index contributed by atoms with van der Waals surface area (Å²) >= 11 is 0. The molecule has 0 aromatic heterocycles. The van der Waals surface area contributed by atoms with Crippen LogP contribution < -0.4 is 0 Å². The summed E-state index contributed by atoms with van der Waals surface area (Å²) in [6.07, 6.45) is 3.24. The number of oxime groups is 1. The zero-order valence-corrected chi connectivity index (χ0v) is 25.1. The lowest BCUT2D eigenvalue weighted by molar-refractivity contribution is -0.159. The first-order chi connectivity index (χ1) is 20.7. The highest BCUT2D eigenvalue weighted by Crippen LogP contribution is 2.33. The van der Waals surface area contributed by atoms with Crippen molar-refractivity contribution in [2.75, 3.05) is 26.4 Å². The van der Waals surface area contributed by atoms with E-state index in [0.717, 1.165) is 27.1 Å². The molecule has 43 heavy (non-hydrogen) atoms. The monoisotopic (exact) mass is 591 g/mol. The Balaban J connectivity index is 1.47. The molecule has 1 saturated heterocycles. The number of nitrogens with zero attached hydrogens (tertiary/aromatic N) is 1. The van der Waals surface area contributed by atoms with Gasteiger partial charge in [0.05, 0.1) is 36.7 Å². The van der Waals surface area contributed by atoms with Gasteiger partial charge in [0.2, 0.25) is 0 Å². The second-order valence-electron chi connectivity index (χ2n) is 11.7. The number of hydrogen-bond donors (Lipinski definition) is 1. The summed E-state index contributed by atoms with van der Waals surface area (Å²) in [6.45, 7) is 6.14. The maximum Gasteiger partial charge on any atom is 0.340 e. The third-order valence-electron chi connectivity index (χ3n) is 7.78. The average Bonchev–Trinajstić information content (AvgIpc) is 3.84. The van der Waals surface area contributed by atoms with Gasteiger partial charge in [-0.2, -0.15) is 0 Å². The molecule has 3 aromatic rings. The molecule has 0 saturated carbocycles. The van der Waals surface area contributed by atoms with Gasteiger partial charge in [-0.15, -0.1) is 0 Å². The maximum atomic E-state index is 13.3. The van der Waals surface area contributed by atoms with Crippen molar-refractivity contribution >= 4 is 45.7 Å². The largest absolute Gasteiger partial charge is 0.465 e. The molecular formula is C34H41NO8. The van der Waals surface area contributed by atoms with Crippen molar-refractivity contribution in [2.45, 2.75) is 59.0 Å². The fourth-order valence-corrected chi connectivity index (χ4v) is 5.14. The minimum atomic E-state index is -1.11. The highest BCUT2D eigenvalue weighted by atomic mass is 16.7. The van der Waals surface area contributed by atoms with Crippen molar-refractivity contribution in [3.63, 3.8) is 0 Å². The first kappa shape index (κ1) is 32.1. The van der Waals surface area contributed by atoms with E-state index in [1.54, 1.807) is 20.1 Å². The Morgan fingerprint density at radius 1 is 1.00 bits per heavy atom. The van der Waals surface area contributed by atoms with E-state index < -0.39 is 35.2 Å². The summed E-state index contributed by atoms with van der Waals surface area (Å²) in [6, 6.07) is 18.0. The van der Waals surface area contributed by atoms with Gasteiger partial charge in [0.25, 0.3) is 0 Å². The van der Waals surface area contributed by atoms with Crippen molar-refractivity contribution in [1.82, 2.24) is 0 Å². The summed E-state index contributed by atoms with van der Waals surface area (Å²) in [7, 11) is 0. The van der Waals surface area contributed by atoms with Crippen LogP contribution in [0.4, 0.5) is 0 Å². The summed E-state index contributed by atoms with van der Waals surface area (Å²) < 4.78 is 16.0. The fraction of sp³-hybridized carbons (Fsp3) is 0.471. The predicted molar refractivity (Wildman–Crippen MR) is 163 cm³/mol. The van der Waals surface area contributed by atoms with Crippen LogP contribution >= 0.6 is 0 Å². The topological polar surface area (TPSA) is 124 Å². The molecule has 3 atom stereocenters. The van der Waals surface area contributed by atoms with E-state index in [4.69, 9.17) is 24.2 Å². The van der Waals surface area contributed by atoms with Gasteiger partial charge in [-0.3, -0.25) is 9.59 Å². The number of esters is 2. The Hall–Kier alpha value is -3.82. The maximum absolute atomic E-state index is 13.3. The molecule has 0 aliphatic carbocycles. The minimum absolute atomic E-state index is 0.00337. The van der Waals surface area contributed by atoms with Gasteiger partial charge in [-0.25, -0.2) is 4.79 Å². The van der Waals surface area contributed by atoms with Crippen molar-refractivity contribution in [3.8, 4) is 0 Å². The molecule has 0 amide bonds. The van der Waals surface area contributed by atoms with Crippen molar-refractivity contribution in [2.24, 2.45) is 22.4 Å². The first-order valence-corrected chi connectivity index (χ1v) is 14.9. The second-order valence-corrected chi connectivity index (χ2v) is 11.7. The Kier molecular flexibility index (Phi) is 11.3. The molecule has 1 fully saturated rings. The summed E-state index contributed by atoms with van der Waals surface area (Å²) in [5.74, 6) is -2.80. The van der Waals surface area contributed by atoms with Crippen molar-refractivity contribution in [1.29, 1.82) is 0 Å². The van der Waals surface area contributed by atoms with Gasteiger partial charge in [0.15, 0.2) is 0 Å². The first-order valence-electron chi connectivity index (χ1n) is 14.9. The average molecular weight is 592 g/mol. The van der Waals surface area contributed by atoms with E-state index in [0.29, 0.717) is 25.9 Å². The lowest BCUT2D eigenvalue weighted by Gasteiger charge is -2.27. The lowest BCUT2D eigenvalue weighted by Crippen LogP contribution is -2.34. The molecule has 0 spiro atoms. The molecule has 230 valence electrons. The number of unbranched alkanes of at least 4 members (excludes halogenated alkanes) is 1. The highest BCUT2D eigenvalue weighted by molar-refractivity contribution is 6.13. The van der Waals surface area contributed by atoms with E-state index >= 15 is 0 Å². The van der Waals surface area contributed by atoms with E-state index in [1.807, 2.05) is 55.5 Å². The number of carbonyl (C=O) groups is 3. The number of rotatable bonds is 16. The molecule has 0 radical (unpaired) electrons. The van der Waals surface area contributed by atoms with Crippen LogP contribution in [-0.2, 0) is 33.4 Å². The number of carbonyl (C=O) groups excluding carboxylic acids is 3. The number of aliphatic hydroxyl groups is 1. The van der Waals surface area contributed by atoms with Gasteiger partial charge >= 0.3 is 17.9 Å². The van der Waals surface area contributed by atoms with Gasteiger partial charge < -0.3 is 24.2 Å². The van der Waals surface area contributed by atoms with Gasteiger partial charge in [-0.05, 0) is 73.6 Å². The van der Waals surface area contributed by atoms with E-state index in [9.17, 15) is 14.4 Å². The molecule has 3 unspecified atom stereocenters. The summed E-state index contributed by atoms with van der Waals surface area (Å²) in [4.78, 5) is 44.6. The van der Waals surface area contributed by atoms with Crippen LogP contribution in [0.2, 0.25) is 0 Å². The molecular weight excluding hydrogens is 550 g/mol. The fourth-order valence-electron chi connectivity index (χ4n) is 5.14. The van der Waals surface area contributed by atoms with Crippen LogP contribution in [0, 0.1) is 17.3 Å². The number of epoxide rings is 1. The van der Waals surface area contributed by atoms with Crippen LogP contribution in [0.25, 0.3) is 21.5 Å². The Morgan fingerprint density at radius 3 is 2.23 bits per heavy atom. The Labute approximate surface area is 252 Å². The lowest BCUT2D eigenvalue weighted by atomic mass is 9.79. The van der Waals surface area contributed by atoms with E-state index in [2.05, 4.69) is 11.2 Å². The second kappa shape index (κ2) is 15.1. The van der Waals surface area contributed by atoms with E-state index in [1.165, 1.54) is 0 Å². The quantitative estimate of drug-likeness (QED) is 0.0436. The summed E-state index contributed by atoms with van der Waals surface area (Å²) in [5, 5.41) is 17.2. The Bertz CT molecular complexity index is 1390. The normalized spacial score (nSPS) is 16.2. The van der Waals surface area contributed by atoms with Crippen LogP contribution in [0.5, 0.6) is 0 Å². The minimum Gasteiger partial charge on any atom is -0.465 e. The zero-order valence-electron chi connectivity index (χ0n) is 25.1. The number of fused-ring (bicyclic) bond motifs is 2. The molecule has 0 bridgehead atoms. The molecule has 9 nitrogen and oxygen atoms in total.